The maximum atomic E-state index is 12.9. The third-order valence-corrected chi connectivity index (χ3v) is 7.64. The van der Waals surface area contributed by atoms with Crippen LogP contribution in [0.1, 0.15) is 29.7 Å². The Bertz CT molecular complexity index is 1500. The Morgan fingerprint density at radius 1 is 1.14 bits per heavy atom. The number of nitrogens with zero attached hydrogens (tertiary/aromatic N) is 7. The highest BCUT2D eigenvalue weighted by atomic mass is 19.4. The molecule has 2 fully saturated rings. The molecule has 6 rings (SSSR count). The quantitative estimate of drug-likeness (QED) is 0.459. The highest BCUT2D eigenvalue weighted by molar-refractivity contribution is 5.87. The van der Waals surface area contributed by atoms with Crippen LogP contribution in [-0.2, 0) is 13.1 Å². The molecule has 1 aromatic carbocycles. The number of aromatic amines is 1. The number of hydrogen-bond acceptors (Lipinski definition) is 6. The Kier molecular flexibility index (Phi) is 5.19. The van der Waals surface area contributed by atoms with Crippen LogP contribution < -0.4 is 4.90 Å². The highest BCUT2D eigenvalue weighted by Gasteiger charge is 2.44. The van der Waals surface area contributed by atoms with E-state index in [9.17, 15) is 18.4 Å². The molecule has 2 aliphatic rings. The van der Waals surface area contributed by atoms with Crippen LogP contribution in [0, 0.1) is 23.7 Å². The van der Waals surface area contributed by atoms with Crippen LogP contribution in [0.25, 0.3) is 21.9 Å². The first-order valence-corrected chi connectivity index (χ1v) is 12.0. The summed E-state index contributed by atoms with van der Waals surface area (Å²) in [6.07, 6.45) is 0.513. The lowest BCUT2D eigenvalue weighted by Gasteiger charge is -2.25. The lowest BCUT2D eigenvalue weighted by molar-refractivity contribution is -0.142. The van der Waals surface area contributed by atoms with Crippen molar-refractivity contribution >= 4 is 27.8 Å². The zero-order chi connectivity index (χ0) is 25.1. The highest BCUT2D eigenvalue weighted by Crippen LogP contribution is 2.42. The molecule has 1 N–H and O–H groups in total. The SMILES string of the molecule is Cc1c(CN2CC[C@@]3(CCN(c4ncnc5nn(CC(F)(F)F)cc45)C3)C2)ccc2[nH]c(C#N)cc12. The van der Waals surface area contributed by atoms with Crippen LogP contribution >= 0.6 is 0 Å². The summed E-state index contributed by atoms with van der Waals surface area (Å²) < 4.78 is 39.5. The van der Waals surface area contributed by atoms with Gasteiger partial charge in [0, 0.05) is 48.7 Å². The lowest BCUT2D eigenvalue weighted by atomic mass is 9.86. The molecule has 4 aromatic rings. The number of likely N-dealkylation sites (tertiary alicyclic amines) is 1. The molecule has 0 amide bonds. The standard InChI is InChI=1S/C25H25F3N8/c1-16-17(2-3-21-19(16)8-18(9-29)32-21)10-34-6-4-24(12-34)5-7-35(13-24)23-20-11-36(14-25(26,27)28)33-22(20)30-15-31-23/h2-3,8,11,15,32H,4-7,10,12-14H2,1H3/t24-/m1/s1. The fourth-order valence-electron chi connectivity index (χ4n) is 5.87. The van der Waals surface area contributed by atoms with E-state index < -0.39 is 12.7 Å². The Morgan fingerprint density at radius 3 is 2.78 bits per heavy atom. The van der Waals surface area contributed by atoms with Crippen LogP contribution in [0.4, 0.5) is 19.0 Å². The fourth-order valence-corrected chi connectivity index (χ4v) is 5.87. The van der Waals surface area contributed by atoms with E-state index in [4.69, 9.17) is 0 Å². The predicted molar refractivity (Wildman–Crippen MR) is 128 cm³/mol. The van der Waals surface area contributed by atoms with Crippen LogP contribution in [0.3, 0.4) is 0 Å². The zero-order valence-corrected chi connectivity index (χ0v) is 19.8. The number of rotatable bonds is 4. The van der Waals surface area contributed by atoms with Crippen molar-refractivity contribution in [1.82, 2.24) is 29.6 Å². The number of nitriles is 1. The number of hydrogen-bond donors (Lipinski definition) is 1. The van der Waals surface area contributed by atoms with Crippen molar-refractivity contribution in [2.45, 2.75) is 39.0 Å². The minimum atomic E-state index is -4.34. The smallest absolute Gasteiger partial charge is 0.355 e. The van der Waals surface area contributed by atoms with Gasteiger partial charge in [-0.2, -0.15) is 23.5 Å². The van der Waals surface area contributed by atoms with Gasteiger partial charge in [-0.15, -0.1) is 0 Å². The normalized spacial score (nSPS) is 20.8. The van der Waals surface area contributed by atoms with Gasteiger partial charge in [0.25, 0.3) is 0 Å². The van der Waals surface area contributed by atoms with Crippen LogP contribution in [0.2, 0.25) is 0 Å². The van der Waals surface area contributed by atoms with E-state index in [1.165, 1.54) is 23.7 Å². The molecule has 2 saturated heterocycles. The average molecular weight is 495 g/mol. The average Bonchev–Trinajstić information content (AvgIpc) is 3.60. The van der Waals surface area contributed by atoms with Gasteiger partial charge in [-0.1, -0.05) is 6.07 Å². The van der Waals surface area contributed by atoms with E-state index in [2.05, 4.69) is 48.9 Å². The Labute approximate surface area is 205 Å². The first-order valence-electron chi connectivity index (χ1n) is 12.0. The molecule has 186 valence electrons. The van der Waals surface area contributed by atoms with Crippen molar-refractivity contribution in [2.75, 3.05) is 31.1 Å². The summed E-state index contributed by atoms with van der Waals surface area (Å²) in [6.45, 7) is 5.36. The Morgan fingerprint density at radius 2 is 1.97 bits per heavy atom. The van der Waals surface area contributed by atoms with Crippen molar-refractivity contribution in [3.8, 4) is 6.07 Å². The summed E-state index contributed by atoms with van der Waals surface area (Å²) in [5.41, 5.74) is 4.41. The number of anilines is 1. The number of nitrogens with one attached hydrogen (secondary N) is 1. The van der Waals surface area contributed by atoms with Crippen molar-refractivity contribution in [3.63, 3.8) is 0 Å². The largest absolute Gasteiger partial charge is 0.408 e. The number of aromatic nitrogens is 5. The van der Waals surface area contributed by atoms with Gasteiger partial charge in [-0.05, 0) is 49.6 Å². The fraction of sp³-hybridized carbons (Fsp3) is 0.440. The number of aryl methyl sites for hydroxylation is 1. The molecule has 0 saturated carbocycles. The minimum Gasteiger partial charge on any atom is -0.355 e. The van der Waals surface area contributed by atoms with Gasteiger partial charge in [0.1, 0.15) is 30.5 Å². The van der Waals surface area contributed by atoms with E-state index in [1.54, 1.807) is 0 Å². The number of benzene rings is 1. The van der Waals surface area contributed by atoms with E-state index in [0.29, 0.717) is 16.9 Å². The second-order valence-electron chi connectivity index (χ2n) is 10.1. The lowest BCUT2D eigenvalue weighted by Crippen LogP contribution is -2.31. The third-order valence-electron chi connectivity index (χ3n) is 7.64. The first kappa shape index (κ1) is 22.8. The molecule has 0 bridgehead atoms. The number of fused-ring (bicyclic) bond motifs is 2. The van der Waals surface area contributed by atoms with Crippen molar-refractivity contribution in [3.05, 3.63) is 47.5 Å². The van der Waals surface area contributed by atoms with Crippen molar-refractivity contribution < 1.29 is 13.2 Å². The first-order chi connectivity index (χ1) is 17.2. The van der Waals surface area contributed by atoms with Gasteiger partial charge in [0.2, 0.25) is 0 Å². The summed E-state index contributed by atoms with van der Waals surface area (Å²) in [4.78, 5) is 16.3. The van der Waals surface area contributed by atoms with Gasteiger partial charge in [0.05, 0.1) is 5.39 Å². The monoisotopic (exact) mass is 494 g/mol. The summed E-state index contributed by atoms with van der Waals surface area (Å²) in [7, 11) is 0. The molecule has 1 atom stereocenters. The van der Waals surface area contributed by atoms with Crippen molar-refractivity contribution in [2.24, 2.45) is 5.41 Å². The van der Waals surface area contributed by atoms with Gasteiger partial charge >= 0.3 is 6.18 Å². The Hall–Kier alpha value is -3.65. The Balaban J connectivity index is 1.18. The minimum absolute atomic E-state index is 0.124. The molecule has 5 heterocycles. The second-order valence-corrected chi connectivity index (χ2v) is 10.1. The molecular weight excluding hydrogens is 469 g/mol. The van der Waals surface area contributed by atoms with Gasteiger partial charge in [-0.25, -0.2) is 9.97 Å². The maximum absolute atomic E-state index is 12.9. The summed E-state index contributed by atoms with van der Waals surface area (Å²) in [5, 5.41) is 14.9. The third kappa shape index (κ3) is 4.05. The molecule has 0 unspecified atom stereocenters. The number of halogens is 3. The molecule has 36 heavy (non-hydrogen) atoms. The molecule has 2 aliphatic heterocycles. The van der Waals surface area contributed by atoms with E-state index in [0.717, 1.165) is 61.2 Å². The van der Waals surface area contributed by atoms with E-state index in [-0.39, 0.29) is 11.1 Å². The van der Waals surface area contributed by atoms with E-state index in [1.807, 2.05) is 12.1 Å². The topological polar surface area (TPSA) is 89.7 Å². The molecule has 11 heteroatoms. The van der Waals surface area contributed by atoms with Crippen LogP contribution in [-0.4, -0.2) is 62.0 Å². The predicted octanol–water partition coefficient (Wildman–Crippen LogP) is 4.15. The zero-order valence-electron chi connectivity index (χ0n) is 19.8. The van der Waals surface area contributed by atoms with Crippen LogP contribution in [0.15, 0.2) is 30.7 Å². The molecule has 1 spiro atoms. The summed E-state index contributed by atoms with van der Waals surface area (Å²) in [5.74, 6) is 0.658. The number of H-pyrrole nitrogens is 1. The van der Waals surface area contributed by atoms with Gasteiger partial charge < -0.3 is 9.88 Å². The number of alkyl halides is 3. The second kappa shape index (κ2) is 8.20. The molecular formula is C25H25F3N8. The molecule has 0 aliphatic carbocycles. The molecule has 0 radical (unpaired) electrons. The van der Waals surface area contributed by atoms with E-state index >= 15 is 0 Å². The van der Waals surface area contributed by atoms with Crippen molar-refractivity contribution in [1.29, 1.82) is 5.26 Å². The summed E-state index contributed by atoms with van der Waals surface area (Å²) in [6, 6.07) is 8.26. The van der Waals surface area contributed by atoms with Gasteiger partial charge in [0.15, 0.2) is 5.65 Å². The molecule has 3 aromatic heterocycles. The molecule has 8 nitrogen and oxygen atoms in total. The maximum Gasteiger partial charge on any atom is 0.408 e. The summed E-state index contributed by atoms with van der Waals surface area (Å²) >= 11 is 0. The van der Waals surface area contributed by atoms with Crippen LogP contribution in [0.5, 0.6) is 0 Å². The van der Waals surface area contributed by atoms with Gasteiger partial charge in [-0.3, -0.25) is 9.58 Å².